The van der Waals surface area contributed by atoms with Crippen LogP contribution in [0.4, 0.5) is 0 Å². The predicted octanol–water partition coefficient (Wildman–Crippen LogP) is 7.14. The van der Waals surface area contributed by atoms with Gasteiger partial charge < -0.3 is 29.4 Å². The van der Waals surface area contributed by atoms with Gasteiger partial charge in [-0.25, -0.2) is 0 Å². The van der Waals surface area contributed by atoms with Gasteiger partial charge in [-0.1, -0.05) is 89.9 Å². The first kappa shape index (κ1) is 47.5. The Kier molecular flexibility index (Phi) is 33.2. The number of unbranched alkanes of at least 4 members (excludes halogenated alkanes) is 15. The maximum Gasteiger partial charge on any atom is 0.303 e. The first-order valence-corrected chi connectivity index (χ1v) is 19.4. The largest absolute Gasteiger partial charge is 0.481 e. The third-order valence-electron chi connectivity index (χ3n) is 8.65. The standard InChI is InChI=1S/C39H69NO10/c1-33(41)23-24-35(34(2)42)30-37(44)32-50-31-36(43)20-19-26-48-28-29-49-27-25-40-38(45)21-17-15-13-11-9-7-5-3-4-6-8-10-12-14-16-18-22-39(46)47/h35H,3-32H2,1-2H3,(H,40,45)(H,46,47)/t35-/m1/s1. The minimum atomic E-state index is -0.686. The van der Waals surface area contributed by atoms with Crippen LogP contribution < -0.4 is 5.32 Å². The van der Waals surface area contributed by atoms with Gasteiger partial charge in [0.1, 0.15) is 24.8 Å². The SMILES string of the molecule is CC(=O)CC[C@H](CC(=O)COCC(=O)CCCOCCOCCNC(=O)CCCCCCCCCCCCCCCCCCC(=O)O)C(C)=O. The normalized spacial score (nSPS) is 11.7. The Hall–Kier alpha value is -2.50. The van der Waals surface area contributed by atoms with Crippen LogP contribution in [0.5, 0.6) is 0 Å². The van der Waals surface area contributed by atoms with E-state index in [9.17, 15) is 28.8 Å². The fourth-order valence-electron chi connectivity index (χ4n) is 5.59. The molecule has 0 saturated heterocycles. The molecule has 0 aromatic carbocycles. The van der Waals surface area contributed by atoms with Crippen molar-refractivity contribution in [3.8, 4) is 0 Å². The van der Waals surface area contributed by atoms with Crippen LogP contribution in [0.1, 0.15) is 162 Å². The Morgan fingerprint density at radius 1 is 0.520 bits per heavy atom. The Morgan fingerprint density at radius 3 is 1.50 bits per heavy atom. The molecule has 0 aliphatic rings. The Bertz CT molecular complexity index is 923. The molecule has 1 atom stereocenters. The number of hydrogen-bond donors (Lipinski definition) is 2. The van der Waals surface area contributed by atoms with Crippen molar-refractivity contribution >= 4 is 35.0 Å². The lowest BCUT2D eigenvalue weighted by molar-refractivity contribution is -0.137. The second kappa shape index (κ2) is 34.9. The van der Waals surface area contributed by atoms with Gasteiger partial charge in [-0.2, -0.15) is 0 Å². The van der Waals surface area contributed by atoms with E-state index in [1.165, 1.54) is 84.5 Å². The molecular weight excluding hydrogens is 642 g/mol. The molecule has 0 aliphatic carbocycles. The molecule has 2 N–H and O–H groups in total. The third kappa shape index (κ3) is 35.3. The summed E-state index contributed by atoms with van der Waals surface area (Å²) in [6.07, 6.45) is 21.4. The number of carboxylic acid groups (broad SMARTS) is 1. The van der Waals surface area contributed by atoms with E-state index < -0.39 is 11.9 Å². The summed E-state index contributed by atoms with van der Waals surface area (Å²) in [6, 6.07) is 0. The van der Waals surface area contributed by atoms with Gasteiger partial charge in [-0.05, 0) is 39.5 Å². The molecule has 1 amide bonds. The summed E-state index contributed by atoms with van der Waals surface area (Å²) in [5, 5.41) is 11.5. The second-order valence-corrected chi connectivity index (χ2v) is 13.6. The van der Waals surface area contributed by atoms with Crippen LogP contribution in [0, 0.1) is 5.92 Å². The highest BCUT2D eigenvalue weighted by molar-refractivity contribution is 5.88. The average Bonchev–Trinajstić information content (AvgIpc) is 3.06. The van der Waals surface area contributed by atoms with Gasteiger partial charge in [0.15, 0.2) is 11.6 Å². The molecule has 0 radical (unpaired) electrons. The van der Waals surface area contributed by atoms with Crippen molar-refractivity contribution < 1.29 is 48.1 Å². The quantitative estimate of drug-likeness (QED) is 0.0627. The molecule has 0 rings (SSSR count). The Balaban J connectivity index is 3.42. The van der Waals surface area contributed by atoms with Gasteiger partial charge in [0.25, 0.3) is 0 Å². The zero-order valence-electron chi connectivity index (χ0n) is 31.4. The number of Topliss-reactive ketones (excluding diaryl/α,β-unsaturated/α-hetero) is 4. The van der Waals surface area contributed by atoms with Crippen molar-refractivity contribution in [2.24, 2.45) is 5.92 Å². The number of ether oxygens (including phenoxy) is 3. The summed E-state index contributed by atoms with van der Waals surface area (Å²) in [4.78, 5) is 69.3. The number of aliphatic carboxylic acids is 1. The van der Waals surface area contributed by atoms with Crippen molar-refractivity contribution in [2.75, 3.05) is 46.2 Å². The molecule has 0 aliphatic heterocycles. The van der Waals surface area contributed by atoms with Crippen LogP contribution in [0.2, 0.25) is 0 Å². The van der Waals surface area contributed by atoms with Crippen molar-refractivity contribution in [1.29, 1.82) is 0 Å². The number of nitrogens with one attached hydrogen (secondary N) is 1. The lowest BCUT2D eigenvalue weighted by atomic mass is 9.93. The third-order valence-corrected chi connectivity index (χ3v) is 8.65. The molecule has 0 bridgehead atoms. The molecule has 0 heterocycles. The first-order chi connectivity index (χ1) is 24.1. The molecule has 11 heteroatoms. The Labute approximate surface area is 301 Å². The summed E-state index contributed by atoms with van der Waals surface area (Å²) in [6.45, 7) is 4.57. The van der Waals surface area contributed by atoms with Crippen LogP contribution >= 0.6 is 0 Å². The van der Waals surface area contributed by atoms with Gasteiger partial charge in [0, 0.05) is 51.2 Å². The molecule has 0 unspecified atom stereocenters. The molecular formula is C39H69NO10. The summed E-state index contributed by atoms with van der Waals surface area (Å²) in [5.74, 6) is -1.65. The molecule has 0 saturated carbocycles. The van der Waals surface area contributed by atoms with E-state index >= 15 is 0 Å². The number of rotatable bonds is 39. The number of carbonyl (C=O) groups is 6. The van der Waals surface area contributed by atoms with Crippen LogP contribution in [0.25, 0.3) is 0 Å². The number of amides is 1. The molecule has 290 valence electrons. The van der Waals surface area contributed by atoms with E-state index in [4.69, 9.17) is 19.3 Å². The average molecular weight is 712 g/mol. The summed E-state index contributed by atoms with van der Waals surface area (Å²) < 4.78 is 16.2. The topological polar surface area (TPSA) is 162 Å². The molecule has 50 heavy (non-hydrogen) atoms. The minimum absolute atomic E-state index is 0.0194. The number of carbonyl (C=O) groups excluding carboxylic acids is 5. The van der Waals surface area contributed by atoms with Crippen molar-refractivity contribution in [3.05, 3.63) is 0 Å². The maximum atomic E-state index is 12.1. The molecule has 11 nitrogen and oxygen atoms in total. The van der Waals surface area contributed by atoms with Crippen molar-refractivity contribution in [1.82, 2.24) is 5.32 Å². The van der Waals surface area contributed by atoms with Gasteiger partial charge in [0.2, 0.25) is 5.91 Å². The van der Waals surface area contributed by atoms with E-state index in [1.807, 2.05) is 0 Å². The van der Waals surface area contributed by atoms with E-state index in [0.717, 1.165) is 32.1 Å². The summed E-state index contributed by atoms with van der Waals surface area (Å²) in [7, 11) is 0. The van der Waals surface area contributed by atoms with E-state index in [0.29, 0.717) is 58.7 Å². The van der Waals surface area contributed by atoms with Crippen LogP contribution in [0.15, 0.2) is 0 Å². The van der Waals surface area contributed by atoms with Crippen LogP contribution in [0.3, 0.4) is 0 Å². The highest BCUT2D eigenvalue weighted by atomic mass is 16.5. The fraction of sp³-hybridized carbons (Fsp3) is 0.846. The number of hydrogen-bond acceptors (Lipinski definition) is 9. The number of ketones is 4. The zero-order chi connectivity index (χ0) is 37.1. The lowest BCUT2D eigenvalue weighted by Gasteiger charge is -2.12. The monoisotopic (exact) mass is 711 g/mol. The maximum absolute atomic E-state index is 12.1. The van der Waals surface area contributed by atoms with Gasteiger partial charge in [-0.15, -0.1) is 0 Å². The highest BCUT2D eigenvalue weighted by Gasteiger charge is 2.19. The minimum Gasteiger partial charge on any atom is -0.481 e. The second-order valence-electron chi connectivity index (χ2n) is 13.6. The first-order valence-electron chi connectivity index (χ1n) is 19.4. The summed E-state index contributed by atoms with van der Waals surface area (Å²) in [5.41, 5.74) is 0. The van der Waals surface area contributed by atoms with E-state index in [2.05, 4.69) is 5.32 Å². The molecule has 0 aromatic heterocycles. The van der Waals surface area contributed by atoms with Crippen molar-refractivity contribution in [3.63, 3.8) is 0 Å². The summed E-state index contributed by atoms with van der Waals surface area (Å²) >= 11 is 0. The van der Waals surface area contributed by atoms with Gasteiger partial charge >= 0.3 is 5.97 Å². The molecule has 0 aromatic rings. The van der Waals surface area contributed by atoms with Gasteiger partial charge in [0.05, 0.1) is 19.8 Å². The highest BCUT2D eigenvalue weighted by Crippen LogP contribution is 2.15. The van der Waals surface area contributed by atoms with Crippen LogP contribution in [-0.2, 0) is 43.0 Å². The zero-order valence-corrected chi connectivity index (χ0v) is 31.4. The number of carboxylic acids is 1. The predicted molar refractivity (Wildman–Crippen MR) is 194 cm³/mol. The lowest BCUT2D eigenvalue weighted by Crippen LogP contribution is -2.27. The van der Waals surface area contributed by atoms with Crippen LogP contribution in [-0.4, -0.2) is 86.3 Å². The van der Waals surface area contributed by atoms with E-state index in [1.54, 1.807) is 0 Å². The molecule has 0 spiro atoms. The Morgan fingerprint density at radius 2 is 1.00 bits per heavy atom. The molecule has 0 fully saturated rings. The fourth-order valence-corrected chi connectivity index (χ4v) is 5.59. The van der Waals surface area contributed by atoms with E-state index in [-0.39, 0.29) is 61.5 Å². The smallest absolute Gasteiger partial charge is 0.303 e. The van der Waals surface area contributed by atoms with Gasteiger partial charge in [-0.3, -0.25) is 24.0 Å². The van der Waals surface area contributed by atoms with Crippen molar-refractivity contribution in [2.45, 2.75) is 162 Å².